The number of methoxy groups -OCH3 is 1. The summed E-state index contributed by atoms with van der Waals surface area (Å²) in [5.41, 5.74) is 12.5. The van der Waals surface area contributed by atoms with Crippen molar-refractivity contribution in [1.29, 1.82) is 0 Å². The molecule has 0 saturated carbocycles. The van der Waals surface area contributed by atoms with Crippen LogP contribution in [0.3, 0.4) is 0 Å². The predicted molar refractivity (Wildman–Crippen MR) is 129 cm³/mol. The summed E-state index contributed by atoms with van der Waals surface area (Å²) in [6, 6.07) is 21.5. The molecule has 1 amide bonds. The Kier molecular flexibility index (Phi) is 6.74. The van der Waals surface area contributed by atoms with Crippen molar-refractivity contribution in [2.75, 3.05) is 26.0 Å². The monoisotopic (exact) mass is 442 g/mol. The smallest absolute Gasteiger partial charge is 0.407 e. The van der Waals surface area contributed by atoms with Crippen molar-refractivity contribution in [1.82, 2.24) is 5.32 Å². The van der Waals surface area contributed by atoms with Crippen LogP contribution >= 0.6 is 0 Å². The Morgan fingerprint density at radius 3 is 2.30 bits per heavy atom. The number of ether oxygens (including phenoxy) is 2. The molecule has 3 aromatic carbocycles. The van der Waals surface area contributed by atoms with Gasteiger partial charge in [0.15, 0.2) is 0 Å². The standard InChI is InChI=1S/C27H26N2O4/c1-32-26(30)19-14-13-18(25(28)16-19)8-6-7-15-29-27(31)33-17-24-22-11-4-2-9-20(22)21-10-3-5-12-23(21)24/h2-6,8-14,16,24H,7,15,17,28H2,1H3,(H,29,31). The van der Waals surface area contributed by atoms with Crippen LogP contribution in [-0.2, 0) is 9.47 Å². The Labute approximate surface area is 193 Å². The molecule has 0 aromatic heterocycles. The molecule has 0 saturated heterocycles. The van der Waals surface area contributed by atoms with Crippen molar-refractivity contribution in [3.63, 3.8) is 0 Å². The lowest BCUT2D eigenvalue weighted by molar-refractivity contribution is 0.0600. The van der Waals surface area contributed by atoms with E-state index in [1.165, 1.54) is 29.4 Å². The fraction of sp³-hybridized carbons (Fsp3) is 0.185. The van der Waals surface area contributed by atoms with Gasteiger partial charge < -0.3 is 20.5 Å². The van der Waals surface area contributed by atoms with Gasteiger partial charge in [-0.3, -0.25) is 0 Å². The molecule has 3 aromatic rings. The number of nitrogens with one attached hydrogen (secondary N) is 1. The van der Waals surface area contributed by atoms with E-state index in [1.807, 2.05) is 36.4 Å². The Morgan fingerprint density at radius 1 is 1.00 bits per heavy atom. The maximum atomic E-state index is 12.2. The number of anilines is 1. The molecule has 1 aliphatic carbocycles. The molecule has 0 radical (unpaired) electrons. The summed E-state index contributed by atoms with van der Waals surface area (Å²) in [5.74, 6) is -0.386. The number of amides is 1. The Balaban J connectivity index is 1.26. The molecule has 0 aliphatic heterocycles. The molecule has 0 bridgehead atoms. The minimum atomic E-state index is -0.438. The molecule has 0 atom stereocenters. The maximum absolute atomic E-state index is 12.2. The zero-order chi connectivity index (χ0) is 23.2. The van der Waals surface area contributed by atoms with Crippen LogP contribution in [0.4, 0.5) is 10.5 Å². The van der Waals surface area contributed by atoms with Gasteiger partial charge in [-0.2, -0.15) is 0 Å². The van der Waals surface area contributed by atoms with E-state index in [9.17, 15) is 9.59 Å². The third-order valence-corrected chi connectivity index (χ3v) is 5.73. The lowest BCUT2D eigenvalue weighted by Crippen LogP contribution is -2.26. The number of benzene rings is 3. The SMILES string of the molecule is COC(=O)c1ccc(C=CCCNC(=O)OCC2c3ccccc3-c3ccccc32)c(N)c1. The van der Waals surface area contributed by atoms with E-state index < -0.39 is 12.1 Å². The molecule has 0 unspecified atom stereocenters. The highest BCUT2D eigenvalue weighted by atomic mass is 16.5. The van der Waals surface area contributed by atoms with Crippen LogP contribution in [0.1, 0.15) is 39.4 Å². The number of carbonyl (C=O) groups excluding carboxylic acids is 2. The molecular formula is C27H26N2O4. The third kappa shape index (κ3) is 4.90. The first-order valence-electron chi connectivity index (χ1n) is 10.8. The van der Waals surface area contributed by atoms with Gasteiger partial charge in [-0.15, -0.1) is 0 Å². The van der Waals surface area contributed by atoms with Crippen LogP contribution in [0.5, 0.6) is 0 Å². The molecule has 4 rings (SSSR count). The van der Waals surface area contributed by atoms with Gasteiger partial charge >= 0.3 is 12.1 Å². The second-order valence-electron chi connectivity index (χ2n) is 7.78. The van der Waals surface area contributed by atoms with Crippen LogP contribution in [0.25, 0.3) is 17.2 Å². The highest BCUT2D eigenvalue weighted by Crippen LogP contribution is 2.44. The fourth-order valence-electron chi connectivity index (χ4n) is 4.09. The van der Waals surface area contributed by atoms with Gasteiger partial charge in [0.1, 0.15) is 6.61 Å². The summed E-state index contributed by atoms with van der Waals surface area (Å²) < 4.78 is 10.2. The molecule has 0 spiro atoms. The first-order valence-corrected chi connectivity index (χ1v) is 10.8. The number of esters is 1. The Morgan fingerprint density at radius 2 is 1.67 bits per heavy atom. The van der Waals surface area contributed by atoms with Gasteiger partial charge in [0, 0.05) is 18.2 Å². The molecule has 6 nitrogen and oxygen atoms in total. The van der Waals surface area contributed by atoms with Gasteiger partial charge in [-0.1, -0.05) is 66.7 Å². The summed E-state index contributed by atoms with van der Waals surface area (Å²) in [4.78, 5) is 23.8. The number of carbonyl (C=O) groups is 2. The number of nitrogens with two attached hydrogens (primary N) is 1. The highest BCUT2D eigenvalue weighted by Gasteiger charge is 2.28. The van der Waals surface area contributed by atoms with Crippen molar-refractivity contribution in [2.45, 2.75) is 12.3 Å². The lowest BCUT2D eigenvalue weighted by atomic mass is 9.98. The molecular weight excluding hydrogens is 416 g/mol. The molecule has 3 N–H and O–H groups in total. The Bertz CT molecular complexity index is 1160. The van der Waals surface area contributed by atoms with Gasteiger partial charge in [0.25, 0.3) is 0 Å². The topological polar surface area (TPSA) is 90.6 Å². The number of nitrogen functional groups attached to an aromatic ring is 1. The van der Waals surface area contributed by atoms with Gasteiger partial charge in [-0.05, 0) is 46.4 Å². The summed E-state index contributed by atoms with van der Waals surface area (Å²) in [6.45, 7) is 0.728. The van der Waals surface area contributed by atoms with Crippen LogP contribution in [0, 0.1) is 0 Å². The van der Waals surface area contributed by atoms with E-state index in [1.54, 1.807) is 18.2 Å². The van der Waals surface area contributed by atoms with Crippen LogP contribution < -0.4 is 11.1 Å². The number of hydrogen-bond donors (Lipinski definition) is 2. The summed E-state index contributed by atoms with van der Waals surface area (Å²) in [6.07, 6.45) is 3.94. The number of fused-ring (bicyclic) bond motifs is 3. The second-order valence-corrected chi connectivity index (χ2v) is 7.78. The minimum absolute atomic E-state index is 0.0407. The van der Waals surface area contributed by atoms with E-state index in [-0.39, 0.29) is 5.92 Å². The zero-order valence-corrected chi connectivity index (χ0v) is 18.4. The Hall–Kier alpha value is -4.06. The second kappa shape index (κ2) is 10.0. The highest BCUT2D eigenvalue weighted by molar-refractivity contribution is 5.91. The van der Waals surface area contributed by atoms with Gasteiger partial charge in [0.05, 0.1) is 12.7 Å². The van der Waals surface area contributed by atoms with E-state index in [0.29, 0.717) is 30.8 Å². The molecule has 33 heavy (non-hydrogen) atoms. The first kappa shape index (κ1) is 22.1. The normalized spacial score (nSPS) is 12.3. The summed E-state index contributed by atoms with van der Waals surface area (Å²) in [5, 5.41) is 2.78. The molecule has 6 heteroatoms. The van der Waals surface area contributed by atoms with Gasteiger partial charge in [-0.25, -0.2) is 9.59 Å². The van der Waals surface area contributed by atoms with Crippen molar-refractivity contribution in [3.05, 3.63) is 95.1 Å². The molecule has 0 fully saturated rings. The van der Waals surface area contributed by atoms with Crippen LogP contribution in [0.15, 0.2) is 72.8 Å². The number of hydrogen-bond acceptors (Lipinski definition) is 5. The number of rotatable bonds is 7. The van der Waals surface area contributed by atoms with E-state index in [4.69, 9.17) is 10.5 Å². The van der Waals surface area contributed by atoms with Crippen molar-refractivity contribution in [3.8, 4) is 11.1 Å². The van der Waals surface area contributed by atoms with E-state index in [0.717, 1.165) is 5.56 Å². The largest absolute Gasteiger partial charge is 0.465 e. The van der Waals surface area contributed by atoms with Crippen molar-refractivity contribution in [2.24, 2.45) is 0 Å². The minimum Gasteiger partial charge on any atom is -0.465 e. The average molecular weight is 443 g/mol. The van der Waals surface area contributed by atoms with E-state index in [2.05, 4.69) is 34.3 Å². The van der Waals surface area contributed by atoms with Gasteiger partial charge in [0.2, 0.25) is 0 Å². The van der Waals surface area contributed by atoms with Crippen LogP contribution in [-0.4, -0.2) is 32.3 Å². The molecule has 0 heterocycles. The summed E-state index contributed by atoms with van der Waals surface area (Å²) in [7, 11) is 1.33. The van der Waals surface area contributed by atoms with E-state index >= 15 is 0 Å². The summed E-state index contributed by atoms with van der Waals surface area (Å²) >= 11 is 0. The average Bonchev–Trinajstić information content (AvgIpc) is 3.16. The fourth-order valence-corrected chi connectivity index (χ4v) is 4.09. The van der Waals surface area contributed by atoms with Crippen molar-refractivity contribution >= 4 is 23.8 Å². The van der Waals surface area contributed by atoms with Crippen molar-refractivity contribution < 1.29 is 19.1 Å². The quantitative estimate of drug-likeness (QED) is 0.305. The maximum Gasteiger partial charge on any atom is 0.407 e. The molecule has 168 valence electrons. The predicted octanol–water partition coefficient (Wildman–Crippen LogP) is 5.00. The first-order chi connectivity index (χ1) is 16.1. The van der Waals surface area contributed by atoms with Crippen LogP contribution in [0.2, 0.25) is 0 Å². The zero-order valence-electron chi connectivity index (χ0n) is 18.4. The third-order valence-electron chi connectivity index (χ3n) is 5.73. The molecule has 1 aliphatic rings. The number of alkyl carbamates (subject to hydrolysis) is 1. The lowest BCUT2D eigenvalue weighted by Gasteiger charge is -2.14.